The Balaban J connectivity index is 1.97. The molecule has 6 nitrogen and oxygen atoms in total. The number of rotatable bonds is 2. The van der Waals surface area contributed by atoms with Crippen molar-refractivity contribution in [2.75, 3.05) is 11.4 Å². The minimum Gasteiger partial charge on any atom is -0.465 e. The fourth-order valence-electron chi connectivity index (χ4n) is 3.48. The highest BCUT2D eigenvalue weighted by Crippen LogP contribution is 2.35. The molecule has 1 aromatic carbocycles. The number of alkyl halides is 3. The number of amides is 1. The van der Waals surface area contributed by atoms with Gasteiger partial charge in [0.2, 0.25) is 0 Å². The van der Waals surface area contributed by atoms with Crippen molar-refractivity contribution in [3.05, 3.63) is 42.1 Å². The molecule has 2 aromatic rings. The van der Waals surface area contributed by atoms with Crippen LogP contribution in [0.2, 0.25) is 0 Å². The van der Waals surface area contributed by atoms with Crippen LogP contribution in [0.15, 0.2) is 36.5 Å². The molecule has 1 N–H and O–H groups in total. The fourth-order valence-corrected chi connectivity index (χ4v) is 3.48. The Morgan fingerprint density at radius 2 is 1.78 bits per heavy atom. The number of fused-ring (bicyclic) bond motifs is 1. The lowest BCUT2D eigenvalue weighted by molar-refractivity contribution is -0.137. The lowest BCUT2D eigenvalue weighted by atomic mass is 10.0. The standard InChI is InChI=1S/C18H21F3N4O2/c1-17(2,3)25(16(26)27)14-10-23(15-8-9-22-24(15)11-14)13-6-4-12(5-7-13)18(19,20)21/h4-9,14H,10-11H2,1-3H3,(H,26,27). The summed E-state index contributed by atoms with van der Waals surface area (Å²) in [4.78, 5) is 15.0. The van der Waals surface area contributed by atoms with Gasteiger partial charge in [-0.15, -0.1) is 0 Å². The molecule has 0 fully saturated rings. The van der Waals surface area contributed by atoms with Gasteiger partial charge in [-0.3, -0.25) is 4.90 Å². The Bertz CT molecular complexity index is 824. The molecule has 27 heavy (non-hydrogen) atoms. The number of carbonyl (C=O) groups is 1. The summed E-state index contributed by atoms with van der Waals surface area (Å²) in [6, 6.07) is 6.19. The van der Waals surface area contributed by atoms with Crippen molar-refractivity contribution in [3.63, 3.8) is 0 Å². The molecule has 9 heteroatoms. The van der Waals surface area contributed by atoms with Gasteiger partial charge in [-0.1, -0.05) is 0 Å². The van der Waals surface area contributed by atoms with E-state index in [4.69, 9.17) is 0 Å². The van der Waals surface area contributed by atoms with Gasteiger partial charge in [-0.05, 0) is 45.0 Å². The van der Waals surface area contributed by atoms with Gasteiger partial charge in [0, 0.05) is 23.8 Å². The molecule has 1 aromatic heterocycles. The first kappa shape index (κ1) is 19.1. The molecule has 0 saturated heterocycles. The van der Waals surface area contributed by atoms with Crippen LogP contribution in [-0.4, -0.2) is 44.0 Å². The Kier molecular flexibility index (Phi) is 4.57. The Labute approximate surface area is 154 Å². The summed E-state index contributed by atoms with van der Waals surface area (Å²) in [5, 5.41) is 13.9. The number of halogens is 3. The Morgan fingerprint density at radius 1 is 1.15 bits per heavy atom. The van der Waals surface area contributed by atoms with Gasteiger partial charge < -0.3 is 10.0 Å². The van der Waals surface area contributed by atoms with Crippen molar-refractivity contribution in [1.82, 2.24) is 14.7 Å². The average molecular weight is 382 g/mol. The zero-order chi connectivity index (χ0) is 20.0. The Hall–Kier alpha value is -2.71. The van der Waals surface area contributed by atoms with Crippen molar-refractivity contribution in [2.24, 2.45) is 0 Å². The van der Waals surface area contributed by atoms with E-state index in [2.05, 4.69) is 5.10 Å². The quantitative estimate of drug-likeness (QED) is 0.846. The maximum Gasteiger partial charge on any atom is 0.416 e. The van der Waals surface area contributed by atoms with Crippen LogP contribution in [0.4, 0.5) is 29.5 Å². The van der Waals surface area contributed by atoms with Crippen LogP contribution < -0.4 is 4.90 Å². The molecule has 0 radical (unpaired) electrons. The van der Waals surface area contributed by atoms with Gasteiger partial charge in [0.25, 0.3) is 0 Å². The van der Waals surface area contributed by atoms with Crippen molar-refractivity contribution in [2.45, 2.75) is 45.1 Å². The molecule has 0 spiro atoms. The largest absolute Gasteiger partial charge is 0.465 e. The molecule has 0 bridgehead atoms. The molecule has 0 aliphatic carbocycles. The molecule has 1 aliphatic heterocycles. The van der Waals surface area contributed by atoms with E-state index < -0.39 is 29.4 Å². The summed E-state index contributed by atoms with van der Waals surface area (Å²) in [6.45, 7) is 6.12. The Morgan fingerprint density at radius 3 is 2.30 bits per heavy atom. The van der Waals surface area contributed by atoms with Gasteiger partial charge >= 0.3 is 12.3 Å². The van der Waals surface area contributed by atoms with E-state index in [0.717, 1.165) is 12.1 Å². The smallest absolute Gasteiger partial charge is 0.416 e. The first-order chi connectivity index (χ1) is 12.5. The van der Waals surface area contributed by atoms with Gasteiger partial charge in [0.15, 0.2) is 0 Å². The highest BCUT2D eigenvalue weighted by atomic mass is 19.4. The SMILES string of the molecule is CC(C)(C)N(C(=O)O)C1CN(c2ccc(C(F)(F)F)cc2)c2ccnn2C1. The summed E-state index contributed by atoms with van der Waals surface area (Å²) < 4.78 is 40.2. The van der Waals surface area contributed by atoms with Crippen molar-refractivity contribution in [1.29, 1.82) is 0 Å². The van der Waals surface area contributed by atoms with Crippen molar-refractivity contribution in [3.8, 4) is 0 Å². The minimum absolute atomic E-state index is 0.320. The molecular weight excluding hydrogens is 361 g/mol. The van der Waals surface area contributed by atoms with Crippen LogP contribution in [0, 0.1) is 0 Å². The van der Waals surface area contributed by atoms with Gasteiger partial charge in [-0.25, -0.2) is 9.48 Å². The molecule has 1 atom stereocenters. The second kappa shape index (κ2) is 6.47. The highest BCUT2D eigenvalue weighted by Gasteiger charge is 2.38. The summed E-state index contributed by atoms with van der Waals surface area (Å²) >= 11 is 0. The number of aromatic nitrogens is 2. The minimum atomic E-state index is -4.41. The molecule has 1 unspecified atom stereocenters. The summed E-state index contributed by atoms with van der Waals surface area (Å²) in [5.41, 5.74) is -0.809. The maximum absolute atomic E-state index is 12.8. The van der Waals surface area contributed by atoms with E-state index >= 15 is 0 Å². The first-order valence-electron chi connectivity index (χ1n) is 8.47. The van der Waals surface area contributed by atoms with Crippen LogP contribution >= 0.6 is 0 Å². The van der Waals surface area contributed by atoms with Gasteiger partial charge in [-0.2, -0.15) is 18.3 Å². The molecule has 146 valence electrons. The molecule has 1 aliphatic rings. The van der Waals surface area contributed by atoms with Crippen molar-refractivity contribution < 1.29 is 23.1 Å². The molecule has 3 rings (SSSR count). The predicted octanol–water partition coefficient (Wildman–Crippen LogP) is 4.20. The van der Waals surface area contributed by atoms with Crippen LogP contribution in [-0.2, 0) is 12.7 Å². The predicted molar refractivity (Wildman–Crippen MR) is 94.1 cm³/mol. The number of carboxylic acid groups (broad SMARTS) is 1. The average Bonchev–Trinajstić information content (AvgIpc) is 3.00. The third kappa shape index (κ3) is 3.72. The summed E-state index contributed by atoms with van der Waals surface area (Å²) in [5.74, 6) is 0.713. The third-order valence-corrected chi connectivity index (χ3v) is 4.55. The first-order valence-corrected chi connectivity index (χ1v) is 8.47. The zero-order valence-electron chi connectivity index (χ0n) is 15.2. The maximum atomic E-state index is 12.8. The highest BCUT2D eigenvalue weighted by molar-refractivity contribution is 5.68. The van der Waals surface area contributed by atoms with E-state index in [1.54, 1.807) is 21.8 Å². The molecular formula is C18H21F3N4O2. The molecule has 0 saturated carbocycles. The number of nitrogens with zero attached hydrogens (tertiary/aromatic N) is 4. The lowest BCUT2D eigenvalue weighted by Crippen LogP contribution is -2.57. The van der Waals surface area contributed by atoms with Crippen LogP contribution in [0.1, 0.15) is 26.3 Å². The summed E-state index contributed by atoms with van der Waals surface area (Å²) in [7, 11) is 0. The normalized spacial score (nSPS) is 17.6. The van der Waals surface area contributed by atoms with Gasteiger partial charge in [0.1, 0.15) is 5.82 Å². The topological polar surface area (TPSA) is 61.6 Å². The van der Waals surface area contributed by atoms with E-state index in [-0.39, 0.29) is 0 Å². The molecule has 2 heterocycles. The van der Waals surface area contributed by atoms with Crippen molar-refractivity contribution >= 4 is 17.6 Å². The summed E-state index contributed by atoms with van der Waals surface area (Å²) in [6.07, 6.45) is -3.86. The lowest BCUT2D eigenvalue weighted by Gasteiger charge is -2.44. The van der Waals surface area contributed by atoms with E-state index in [0.29, 0.717) is 24.6 Å². The second-order valence-corrected chi connectivity index (χ2v) is 7.50. The number of hydrogen-bond donors (Lipinski definition) is 1. The van der Waals surface area contributed by atoms with E-state index in [9.17, 15) is 23.1 Å². The second-order valence-electron chi connectivity index (χ2n) is 7.50. The van der Waals surface area contributed by atoms with Gasteiger partial charge in [0.05, 0.1) is 24.3 Å². The van der Waals surface area contributed by atoms with Crippen LogP contribution in [0.3, 0.4) is 0 Å². The number of hydrogen-bond acceptors (Lipinski definition) is 3. The molecule has 1 amide bonds. The third-order valence-electron chi connectivity index (χ3n) is 4.55. The van der Waals surface area contributed by atoms with Crippen LogP contribution in [0.5, 0.6) is 0 Å². The monoisotopic (exact) mass is 382 g/mol. The number of anilines is 2. The fraction of sp³-hybridized carbons (Fsp3) is 0.444. The van der Waals surface area contributed by atoms with E-state index in [1.807, 2.05) is 20.8 Å². The van der Waals surface area contributed by atoms with E-state index in [1.165, 1.54) is 17.0 Å². The number of benzene rings is 1. The van der Waals surface area contributed by atoms with Crippen LogP contribution in [0.25, 0.3) is 0 Å². The zero-order valence-corrected chi connectivity index (χ0v) is 15.2.